The van der Waals surface area contributed by atoms with Crippen molar-refractivity contribution in [2.24, 2.45) is 17.8 Å². The standard InChI is InChI=1S/C19H32F3N3OS/c1-9-12-7-13-14(20)18(23-8-10-3-5-11(26-2)6-4-10)16(22)15(21)17(13)24-19(12)27-25-9/h9-19,23-25H,3-8H2,1-2H3. The van der Waals surface area contributed by atoms with Gasteiger partial charge in [0.15, 0.2) is 6.17 Å². The summed E-state index contributed by atoms with van der Waals surface area (Å²) in [7, 11) is 1.73. The number of ether oxygens (including phenoxy) is 1. The predicted octanol–water partition coefficient (Wildman–Crippen LogP) is 2.74. The number of rotatable bonds is 4. The Labute approximate surface area is 164 Å². The second kappa shape index (κ2) is 8.38. The molecule has 0 radical (unpaired) electrons. The van der Waals surface area contributed by atoms with Gasteiger partial charge in [0.1, 0.15) is 12.3 Å². The van der Waals surface area contributed by atoms with E-state index in [0.717, 1.165) is 25.7 Å². The highest BCUT2D eigenvalue weighted by Crippen LogP contribution is 2.44. The lowest BCUT2D eigenvalue weighted by molar-refractivity contribution is -0.0535. The third-order valence-corrected chi connectivity index (χ3v) is 8.53. The van der Waals surface area contributed by atoms with E-state index in [9.17, 15) is 8.78 Å². The third-order valence-electron chi connectivity index (χ3n) is 7.29. The first-order valence-electron chi connectivity index (χ1n) is 10.3. The molecule has 2 heterocycles. The molecule has 4 fully saturated rings. The van der Waals surface area contributed by atoms with Crippen LogP contribution in [-0.4, -0.2) is 61.8 Å². The molecule has 3 N–H and O–H groups in total. The van der Waals surface area contributed by atoms with Gasteiger partial charge in [-0.3, -0.25) is 10.0 Å². The molecule has 156 valence electrons. The molecule has 4 aliphatic rings. The largest absolute Gasteiger partial charge is 0.381 e. The fraction of sp³-hybridized carbons (Fsp3) is 1.00. The number of piperidine rings is 1. The summed E-state index contributed by atoms with van der Waals surface area (Å²) in [5.41, 5.74) is 0. The monoisotopic (exact) mass is 407 g/mol. The van der Waals surface area contributed by atoms with Crippen LogP contribution in [0.4, 0.5) is 13.2 Å². The Kier molecular flexibility index (Phi) is 6.29. The lowest BCUT2D eigenvalue weighted by Crippen LogP contribution is -2.69. The second-order valence-electron chi connectivity index (χ2n) is 8.85. The minimum absolute atomic E-state index is 0.0411. The molecule has 0 aromatic rings. The summed E-state index contributed by atoms with van der Waals surface area (Å²) in [4.78, 5) is 0. The van der Waals surface area contributed by atoms with Crippen molar-refractivity contribution in [1.29, 1.82) is 0 Å². The summed E-state index contributed by atoms with van der Waals surface area (Å²) in [5, 5.41) is 6.32. The Morgan fingerprint density at radius 3 is 2.48 bits per heavy atom. The number of methoxy groups -OCH3 is 1. The first-order chi connectivity index (χ1) is 13.0. The van der Waals surface area contributed by atoms with E-state index in [2.05, 4.69) is 22.3 Å². The van der Waals surface area contributed by atoms with E-state index >= 15 is 4.39 Å². The number of fused-ring (bicyclic) bond motifs is 2. The molecule has 0 aromatic heterocycles. The van der Waals surface area contributed by atoms with Crippen LogP contribution >= 0.6 is 11.9 Å². The molecule has 2 aliphatic heterocycles. The van der Waals surface area contributed by atoms with E-state index in [4.69, 9.17) is 4.74 Å². The van der Waals surface area contributed by atoms with Crippen molar-refractivity contribution in [2.45, 2.75) is 87.1 Å². The molecule has 2 saturated carbocycles. The highest BCUT2D eigenvalue weighted by molar-refractivity contribution is 7.98. The molecule has 9 atom stereocenters. The average Bonchev–Trinajstić information content (AvgIpc) is 3.05. The maximum absolute atomic E-state index is 15.3. The molecule has 4 nitrogen and oxygen atoms in total. The number of halogens is 3. The molecule has 0 spiro atoms. The number of nitrogens with one attached hydrogen (secondary N) is 3. The van der Waals surface area contributed by atoms with E-state index in [0.29, 0.717) is 25.0 Å². The Balaban J connectivity index is 1.37. The zero-order chi connectivity index (χ0) is 19.1. The van der Waals surface area contributed by atoms with Crippen molar-refractivity contribution in [3.05, 3.63) is 0 Å². The van der Waals surface area contributed by atoms with Gasteiger partial charge in [-0.2, -0.15) is 0 Å². The van der Waals surface area contributed by atoms with Gasteiger partial charge >= 0.3 is 0 Å². The number of alkyl halides is 3. The van der Waals surface area contributed by atoms with Crippen LogP contribution in [0, 0.1) is 17.8 Å². The third kappa shape index (κ3) is 3.89. The van der Waals surface area contributed by atoms with Gasteiger partial charge in [0.05, 0.1) is 17.5 Å². The normalized spacial score (nSPS) is 53.0. The quantitative estimate of drug-likeness (QED) is 0.626. The Bertz CT molecular complexity index is 511. The molecule has 0 amide bonds. The van der Waals surface area contributed by atoms with Crippen LogP contribution in [0.15, 0.2) is 0 Å². The van der Waals surface area contributed by atoms with E-state index in [-0.39, 0.29) is 17.3 Å². The topological polar surface area (TPSA) is 45.3 Å². The fourth-order valence-electron chi connectivity index (χ4n) is 5.47. The molecular formula is C19H32F3N3OS. The minimum atomic E-state index is -1.81. The Hall–Kier alpha value is -0.0200. The van der Waals surface area contributed by atoms with Crippen molar-refractivity contribution in [2.75, 3.05) is 13.7 Å². The Morgan fingerprint density at radius 2 is 1.78 bits per heavy atom. The molecular weight excluding hydrogens is 375 g/mol. The zero-order valence-electron chi connectivity index (χ0n) is 16.0. The average molecular weight is 408 g/mol. The molecule has 9 unspecified atom stereocenters. The Morgan fingerprint density at radius 1 is 1.04 bits per heavy atom. The van der Waals surface area contributed by atoms with Crippen LogP contribution in [-0.2, 0) is 4.74 Å². The summed E-state index contributed by atoms with van der Waals surface area (Å²) in [6, 6.07) is -1.52. The van der Waals surface area contributed by atoms with Crippen LogP contribution in [0.2, 0.25) is 0 Å². The molecule has 0 bridgehead atoms. The predicted molar refractivity (Wildman–Crippen MR) is 102 cm³/mol. The molecule has 2 saturated heterocycles. The molecule has 27 heavy (non-hydrogen) atoms. The van der Waals surface area contributed by atoms with Crippen LogP contribution in [0.25, 0.3) is 0 Å². The lowest BCUT2D eigenvalue weighted by atomic mass is 9.70. The van der Waals surface area contributed by atoms with Crippen molar-refractivity contribution in [3.63, 3.8) is 0 Å². The van der Waals surface area contributed by atoms with Gasteiger partial charge in [0, 0.05) is 31.0 Å². The van der Waals surface area contributed by atoms with Crippen molar-refractivity contribution < 1.29 is 17.9 Å². The van der Waals surface area contributed by atoms with Crippen LogP contribution in [0.3, 0.4) is 0 Å². The first-order valence-corrected chi connectivity index (χ1v) is 11.2. The molecule has 8 heteroatoms. The highest BCUT2D eigenvalue weighted by Gasteiger charge is 2.57. The van der Waals surface area contributed by atoms with Gasteiger partial charge in [-0.15, -0.1) is 0 Å². The number of hydrogen-bond donors (Lipinski definition) is 3. The fourth-order valence-corrected chi connectivity index (χ4v) is 6.75. The van der Waals surface area contributed by atoms with E-state index in [1.54, 1.807) is 7.11 Å². The van der Waals surface area contributed by atoms with Crippen molar-refractivity contribution in [3.8, 4) is 0 Å². The van der Waals surface area contributed by atoms with Gasteiger partial charge < -0.3 is 10.1 Å². The second-order valence-corrected chi connectivity index (χ2v) is 9.83. The van der Waals surface area contributed by atoms with Crippen molar-refractivity contribution >= 4 is 11.9 Å². The maximum atomic E-state index is 15.3. The summed E-state index contributed by atoms with van der Waals surface area (Å²) >= 11 is 1.53. The van der Waals surface area contributed by atoms with E-state index in [1.165, 1.54) is 11.9 Å². The lowest BCUT2D eigenvalue weighted by Gasteiger charge is -2.49. The van der Waals surface area contributed by atoms with Gasteiger partial charge in [-0.25, -0.2) is 13.2 Å². The SMILES string of the molecule is COC1CCC(CNC2C(F)C(F)C3NC4SNC(C)C4CC3C2F)CC1. The molecule has 4 rings (SSSR count). The highest BCUT2D eigenvalue weighted by atomic mass is 32.2. The zero-order valence-corrected chi connectivity index (χ0v) is 16.9. The van der Waals surface area contributed by atoms with Crippen LogP contribution < -0.4 is 15.4 Å². The van der Waals surface area contributed by atoms with E-state index in [1.807, 2.05) is 0 Å². The summed E-state index contributed by atoms with van der Waals surface area (Å²) in [5.74, 6) is 0.164. The maximum Gasteiger partial charge on any atom is 0.151 e. The summed E-state index contributed by atoms with van der Waals surface area (Å²) < 4.78 is 53.6. The van der Waals surface area contributed by atoms with Crippen LogP contribution in [0.5, 0.6) is 0 Å². The van der Waals surface area contributed by atoms with Gasteiger partial charge in [-0.05, 0) is 51.5 Å². The number of hydrogen-bond acceptors (Lipinski definition) is 5. The molecule has 2 aliphatic carbocycles. The van der Waals surface area contributed by atoms with Gasteiger partial charge in [0.2, 0.25) is 0 Å². The van der Waals surface area contributed by atoms with Crippen molar-refractivity contribution in [1.82, 2.24) is 15.4 Å². The smallest absolute Gasteiger partial charge is 0.151 e. The van der Waals surface area contributed by atoms with E-state index < -0.39 is 36.5 Å². The summed E-state index contributed by atoms with van der Waals surface area (Å²) in [6.07, 6.45) is 0.0174. The minimum Gasteiger partial charge on any atom is -0.381 e. The van der Waals surface area contributed by atoms with Gasteiger partial charge in [-0.1, -0.05) is 11.9 Å². The molecule has 0 aromatic carbocycles. The summed E-state index contributed by atoms with van der Waals surface area (Å²) in [6.45, 7) is 2.63. The van der Waals surface area contributed by atoms with Crippen LogP contribution in [0.1, 0.15) is 39.0 Å². The van der Waals surface area contributed by atoms with Gasteiger partial charge in [0.25, 0.3) is 0 Å². The first kappa shape index (κ1) is 20.3.